The number of nitrogens with two attached hydrogens (primary N) is 1. The van der Waals surface area contributed by atoms with Crippen LogP contribution in [0, 0.1) is 5.92 Å². The summed E-state index contributed by atoms with van der Waals surface area (Å²) in [7, 11) is 1.40. The van der Waals surface area contributed by atoms with Gasteiger partial charge in [0, 0.05) is 0 Å². The number of hydrogen-bond donors (Lipinski definition) is 1. The average molecular weight is 249 g/mol. The zero-order valence-corrected chi connectivity index (χ0v) is 11.5. The summed E-state index contributed by atoms with van der Waals surface area (Å²) in [5.41, 5.74) is 6.54. The second-order valence-corrected chi connectivity index (χ2v) is 5.23. The number of hydrogen-bond acceptors (Lipinski definition) is 3. The molecule has 1 aromatic rings. The Kier molecular flexibility index (Phi) is 5.35. The van der Waals surface area contributed by atoms with Crippen LogP contribution in [0.4, 0.5) is 0 Å². The molecular weight excluding hydrogens is 226 g/mol. The molecule has 100 valence electrons. The van der Waals surface area contributed by atoms with Gasteiger partial charge in [-0.1, -0.05) is 44.2 Å². The molecule has 0 saturated heterocycles. The molecule has 0 aliphatic rings. The Hall–Kier alpha value is -1.35. The van der Waals surface area contributed by atoms with E-state index in [4.69, 9.17) is 10.5 Å². The van der Waals surface area contributed by atoms with Crippen molar-refractivity contribution in [2.45, 2.75) is 38.6 Å². The third-order valence-corrected chi connectivity index (χ3v) is 3.07. The standard InChI is InChI=1S/C15H23NO2/c1-12(2)11-15(16,14(17)18-3)10-9-13-7-5-4-6-8-13/h4-8,12H,9-11,16H2,1-3H3/t15-/m0/s1. The first-order valence-corrected chi connectivity index (χ1v) is 6.39. The van der Waals surface area contributed by atoms with E-state index in [0.717, 1.165) is 6.42 Å². The highest BCUT2D eigenvalue weighted by Gasteiger charge is 2.35. The molecular formula is C15H23NO2. The monoisotopic (exact) mass is 249 g/mol. The Balaban J connectivity index is 2.70. The number of methoxy groups -OCH3 is 1. The Morgan fingerprint density at radius 2 is 1.94 bits per heavy atom. The summed E-state index contributed by atoms with van der Waals surface area (Å²) in [5.74, 6) is 0.0528. The maximum atomic E-state index is 11.8. The van der Waals surface area contributed by atoms with Crippen molar-refractivity contribution in [3.63, 3.8) is 0 Å². The molecule has 0 heterocycles. The fourth-order valence-corrected chi connectivity index (χ4v) is 2.23. The van der Waals surface area contributed by atoms with Crippen molar-refractivity contribution in [1.29, 1.82) is 0 Å². The van der Waals surface area contributed by atoms with Crippen molar-refractivity contribution in [1.82, 2.24) is 0 Å². The van der Waals surface area contributed by atoms with Crippen LogP contribution in [-0.4, -0.2) is 18.6 Å². The predicted molar refractivity (Wildman–Crippen MR) is 73.2 cm³/mol. The number of benzene rings is 1. The van der Waals surface area contributed by atoms with E-state index in [9.17, 15) is 4.79 Å². The number of esters is 1. The largest absolute Gasteiger partial charge is 0.468 e. The molecule has 0 saturated carbocycles. The van der Waals surface area contributed by atoms with Crippen molar-refractivity contribution in [2.75, 3.05) is 7.11 Å². The van der Waals surface area contributed by atoms with Gasteiger partial charge >= 0.3 is 5.97 Å². The smallest absolute Gasteiger partial charge is 0.325 e. The molecule has 0 aliphatic carbocycles. The Labute approximate surface area is 109 Å². The van der Waals surface area contributed by atoms with Gasteiger partial charge in [0.2, 0.25) is 0 Å². The quantitative estimate of drug-likeness (QED) is 0.788. The molecule has 0 spiro atoms. The number of ether oxygens (including phenoxy) is 1. The number of carbonyl (C=O) groups is 1. The first kappa shape index (κ1) is 14.7. The molecule has 0 radical (unpaired) electrons. The van der Waals surface area contributed by atoms with E-state index in [0.29, 0.717) is 18.8 Å². The van der Waals surface area contributed by atoms with Gasteiger partial charge in [-0.25, -0.2) is 0 Å². The minimum atomic E-state index is -0.876. The molecule has 1 atom stereocenters. The van der Waals surface area contributed by atoms with Crippen LogP contribution in [0.5, 0.6) is 0 Å². The van der Waals surface area contributed by atoms with Gasteiger partial charge in [0.25, 0.3) is 0 Å². The Bertz CT molecular complexity index is 375. The second kappa shape index (κ2) is 6.55. The van der Waals surface area contributed by atoms with Gasteiger partial charge in [-0.05, 0) is 30.7 Å². The van der Waals surface area contributed by atoms with Gasteiger partial charge in [0.15, 0.2) is 0 Å². The molecule has 0 fully saturated rings. The summed E-state index contributed by atoms with van der Waals surface area (Å²) in [6.07, 6.45) is 2.05. The first-order valence-electron chi connectivity index (χ1n) is 6.39. The molecule has 0 aliphatic heterocycles. The maximum absolute atomic E-state index is 11.8. The van der Waals surface area contributed by atoms with E-state index in [2.05, 4.69) is 13.8 Å². The highest BCUT2D eigenvalue weighted by Crippen LogP contribution is 2.22. The van der Waals surface area contributed by atoms with Gasteiger partial charge in [0.05, 0.1) is 7.11 Å². The third kappa shape index (κ3) is 4.15. The van der Waals surface area contributed by atoms with Crippen molar-refractivity contribution < 1.29 is 9.53 Å². The van der Waals surface area contributed by atoms with Crippen LogP contribution in [0.3, 0.4) is 0 Å². The molecule has 0 unspecified atom stereocenters. The summed E-state index contributed by atoms with van der Waals surface area (Å²) >= 11 is 0. The van der Waals surface area contributed by atoms with Gasteiger partial charge < -0.3 is 10.5 Å². The molecule has 0 bridgehead atoms. The number of aryl methyl sites for hydroxylation is 1. The lowest BCUT2D eigenvalue weighted by Gasteiger charge is -2.28. The molecule has 18 heavy (non-hydrogen) atoms. The van der Waals surface area contributed by atoms with E-state index in [1.54, 1.807) is 0 Å². The Morgan fingerprint density at radius 3 is 2.44 bits per heavy atom. The maximum Gasteiger partial charge on any atom is 0.325 e. The zero-order valence-electron chi connectivity index (χ0n) is 11.5. The number of rotatable bonds is 6. The minimum absolute atomic E-state index is 0.313. The van der Waals surface area contributed by atoms with Crippen molar-refractivity contribution in [3.05, 3.63) is 35.9 Å². The van der Waals surface area contributed by atoms with Crippen LogP contribution < -0.4 is 5.73 Å². The minimum Gasteiger partial charge on any atom is -0.468 e. The number of carbonyl (C=O) groups excluding carboxylic acids is 1. The highest BCUT2D eigenvalue weighted by atomic mass is 16.5. The summed E-state index contributed by atoms with van der Waals surface area (Å²) in [5, 5.41) is 0. The van der Waals surface area contributed by atoms with E-state index in [-0.39, 0.29) is 5.97 Å². The van der Waals surface area contributed by atoms with Crippen LogP contribution in [0.2, 0.25) is 0 Å². The van der Waals surface area contributed by atoms with E-state index in [1.165, 1.54) is 12.7 Å². The first-order chi connectivity index (χ1) is 8.48. The van der Waals surface area contributed by atoms with Crippen molar-refractivity contribution in [3.8, 4) is 0 Å². The topological polar surface area (TPSA) is 52.3 Å². The highest BCUT2D eigenvalue weighted by molar-refractivity contribution is 5.80. The van der Waals surface area contributed by atoms with Crippen molar-refractivity contribution >= 4 is 5.97 Å². The lowest BCUT2D eigenvalue weighted by molar-refractivity contribution is -0.148. The van der Waals surface area contributed by atoms with Gasteiger partial charge in [-0.3, -0.25) is 4.79 Å². The normalized spacial score (nSPS) is 14.3. The summed E-state index contributed by atoms with van der Waals surface area (Å²) in [4.78, 5) is 11.8. The van der Waals surface area contributed by atoms with Crippen LogP contribution in [0.25, 0.3) is 0 Å². The third-order valence-electron chi connectivity index (χ3n) is 3.07. The molecule has 0 amide bonds. The van der Waals surface area contributed by atoms with Crippen LogP contribution in [0.15, 0.2) is 30.3 Å². The molecule has 0 aromatic heterocycles. The summed E-state index contributed by atoms with van der Waals surface area (Å²) in [6.45, 7) is 4.13. The molecule has 1 aromatic carbocycles. The van der Waals surface area contributed by atoms with Gasteiger partial charge in [-0.2, -0.15) is 0 Å². The second-order valence-electron chi connectivity index (χ2n) is 5.23. The fraction of sp³-hybridized carbons (Fsp3) is 0.533. The van der Waals surface area contributed by atoms with Crippen LogP contribution in [0.1, 0.15) is 32.3 Å². The zero-order chi connectivity index (χ0) is 13.6. The van der Waals surface area contributed by atoms with Crippen LogP contribution in [-0.2, 0) is 16.0 Å². The van der Waals surface area contributed by atoms with E-state index in [1.807, 2.05) is 30.3 Å². The molecule has 2 N–H and O–H groups in total. The Morgan fingerprint density at radius 1 is 1.33 bits per heavy atom. The SMILES string of the molecule is COC(=O)[C@](N)(CCc1ccccc1)CC(C)C. The lowest BCUT2D eigenvalue weighted by atomic mass is 9.84. The van der Waals surface area contributed by atoms with Gasteiger partial charge in [0.1, 0.15) is 5.54 Å². The fourth-order valence-electron chi connectivity index (χ4n) is 2.23. The molecule has 1 rings (SSSR count). The van der Waals surface area contributed by atoms with Crippen LogP contribution >= 0.6 is 0 Å². The molecule has 3 nitrogen and oxygen atoms in total. The summed E-state index contributed by atoms with van der Waals surface area (Å²) < 4.78 is 4.84. The van der Waals surface area contributed by atoms with E-state index >= 15 is 0 Å². The van der Waals surface area contributed by atoms with E-state index < -0.39 is 5.54 Å². The summed E-state index contributed by atoms with van der Waals surface area (Å²) in [6, 6.07) is 10.1. The lowest BCUT2D eigenvalue weighted by Crippen LogP contribution is -2.50. The molecule has 3 heteroatoms. The van der Waals surface area contributed by atoms with Crippen molar-refractivity contribution in [2.24, 2.45) is 11.7 Å². The average Bonchev–Trinajstić information content (AvgIpc) is 2.36. The van der Waals surface area contributed by atoms with Gasteiger partial charge in [-0.15, -0.1) is 0 Å². The predicted octanol–water partition coefficient (Wildman–Crippen LogP) is 2.54.